The van der Waals surface area contributed by atoms with E-state index in [-0.39, 0.29) is 25.7 Å². The Morgan fingerprint density at radius 3 is 0.857 bits per heavy atom. The van der Waals surface area contributed by atoms with Crippen LogP contribution in [0.1, 0.15) is 310 Å². The molecule has 0 aromatic heterocycles. The number of aliphatic hydroxyl groups is 1. The van der Waals surface area contributed by atoms with Gasteiger partial charge in [-0.3, -0.25) is 37.3 Å². The first kappa shape index (κ1) is 93.7. The number of hydrogen-bond donors (Lipinski definition) is 3. The molecule has 0 aliphatic carbocycles. The first-order valence-corrected chi connectivity index (χ1v) is 41.1. The Morgan fingerprint density at radius 2 is 0.541 bits per heavy atom. The third kappa shape index (κ3) is 70.2. The van der Waals surface area contributed by atoms with Gasteiger partial charge >= 0.3 is 39.5 Å². The molecule has 0 saturated heterocycles. The molecule has 0 aliphatic heterocycles. The summed E-state index contributed by atoms with van der Waals surface area (Å²) in [7, 11) is -9.96. The van der Waals surface area contributed by atoms with Crippen LogP contribution in [-0.4, -0.2) is 96.7 Å². The number of unbranched alkanes of at least 4 members (excludes halogenated alkanes) is 27. The Bertz CT molecular complexity index is 2290. The zero-order valence-corrected chi connectivity index (χ0v) is 63.2. The van der Waals surface area contributed by atoms with E-state index in [2.05, 4.69) is 137 Å². The standard InChI is InChI=1S/C79H136O17P2/c1-5-9-13-17-21-25-29-31-33-35-36-38-40-42-46-48-52-56-60-64-77(82)90-70-75(96-79(84)66-62-58-54-50-44-28-24-20-16-12-8-4)72-94-98(87,88)92-68-73(80)67-91-97(85,86)93-71-74(95-78(83)65-61-57-53-49-43-27-23-19-15-11-7-3)69-89-76(81)63-59-55-51-47-45-41-39-37-34-32-30-26-22-18-14-10-6-2/h10,14,19-26,31-34,36,38-39,41,73-75,80H,5-9,11-13,15-18,27-30,35,37,40,42-72H2,1-4H3,(H,85,86)(H,87,88)/b14-10-,23-19-,24-20-,25-21-,26-22-,33-31-,34-32-,38-36-,41-39-. The summed E-state index contributed by atoms with van der Waals surface area (Å²) in [6.07, 6.45) is 75.2. The molecule has 0 radical (unpaired) electrons. The summed E-state index contributed by atoms with van der Waals surface area (Å²) in [5.41, 5.74) is 0. The SMILES string of the molecule is CC/C=C\C/C=C\C/C=C\C/C=C\CCCCCCC(=O)OCC(COP(=O)(O)OCC(O)COP(=O)(O)OCC(COC(=O)CCCCCCCC/C=C\C/C=C\C/C=C\CCCCC)OC(=O)CCCCCCC/C=C\CCCC)OC(=O)CCCCCCC/C=C\CCCC. The van der Waals surface area contributed by atoms with Crippen molar-refractivity contribution >= 4 is 39.5 Å². The van der Waals surface area contributed by atoms with Gasteiger partial charge in [0.15, 0.2) is 12.2 Å². The van der Waals surface area contributed by atoms with E-state index in [1.807, 2.05) is 0 Å². The zero-order chi connectivity index (χ0) is 71.8. The number of carbonyl (C=O) groups is 4. The topological polar surface area (TPSA) is 237 Å². The van der Waals surface area contributed by atoms with Crippen LogP contribution in [0.15, 0.2) is 109 Å². The highest BCUT2D eigenvalue weighted by molar-refractivity contribution is 7.47. The predicted molar refractivity (Wildman–Crippen MR) is 399 cm³/mol. The molecule has 5 atom stereocenters. The van der Waals surface area contributed by atoms with E-state index in [1.54, 1.807) is 0 Å². The van der Waals surface area contributed by atoms with Crippen molar-refractivity contribution in [1.82, 2.24) is 0 Å². The number of phosphoric ester groups is 2. The third-order valence-corrected chi connectivity index (χ3v) is 17.6. The van der Waals surface area contributed by atoms with Gasteiger partial charge in [0.1, 0.15) is 19.3 Å². The van der Waals surface area contributed by atoms with Crippen LogP contribution in [0.4, 0.5) is 0 Å². The number of aliphatic hydroxyl groups excluding tert-OH is 1. The Kier molecular flexibility index (Phi) is 68.0. The van der Waals surface area contributed by atoms with Gasteiger partial charge in [0.25, 0.3) is 0 Å². The van der Waals surface area contributed by atoms with Crippen LogP contribution in [0, 0.1) is 0 Å². The smallest absolute Gasteiger partial charge is 0.462 e. The molecule has 0 rings (SSSR count). The highest BCUT2D eigenvalue weighted by Gasteiger charge is 2.30. The third-order valence-electron chi connectivity index (χ3n) is 15.7. The molecule has 3 N–H and O–H groups in total. The molecule has 0 heterocycles. The van der Waals surface area contributed by atoms with Gasteiger partial charge in [0.2, 0.25) is 0 Å². The summed E-state index contributed by atoms with van der Waals surface area (Å²) < 4.78 is 68.4. The monoisotopic (exact) mass is 1420 g/mol. The van der Waals surface area contributed by atoms with Crippen LogP contribution >= 0.6 is 15.6 Å². The van der Waals surface area contributed by atoms with E-state index < -0.39 is 97.5 Å². The van der Waals surface area contributed by atoms with Crippen molar-refractivity contribution in [2.24, 2.45) is 0 Å². The van der Waals surface area contributed by atoms with E-state index in [1.165, 1.54) is 44.9 Å². The van der Waals surface area contributed by atoms with Gasteiger partial charge < -0.3 is 33.8 Å². The van der Waals surface area contributed by atoms with E-state index in [9.17, 15) is 43.2 Å². The lowest BCUT2D eigenvalue weighted by Gasteiger charge is -2.21. The van der Waals surface area contributed by atoms with E-state index in [0.717, 1.165) is 186 Å². The minimum Gasteiger partial charge on any atom is -0.462 e. The maximum Gasteiger partial charge on any atom is 0.472 e. The molecule has 19 heteroatoms. The first-order valence-electron chi connectivity index (χ1n) is 38.1. The highest BCUT2D eigenvalue weighted by Crippen LogP contribution is 2.45. The highest BCUT2D eigenvalue weighted by atomic mass is 31.2. The van der Waals surface area contributed by atoms with Crippen molar-refractivity contribution < 1.29 is 80.2 Å². The van der Waals surface area contributed by atoms with Gasteiger partial charge in [0, 0.05) is 25.7 Å². The molecule has 0 saturated carbocycles. The van der Waals surface area contributed by atoms with Gasteiger partial charge in [-0.1, -0.05) is 253 Å². The molecule has 98 heavy (non-hydrogen) atoms. The summed E-state index contributed by atoms with van der Waals surface area (Å²) in [4.78, 5) is 72.7. The lowest BCUT2D eigenvalue weighted by molar-refractivity contribution is -0.161. The van der Waals surface area contributed by atoms with E-state index >= 15 is 0 Å². The fraction of sp³-hybridized carbons (Fsp3) is 0.722. The molecule has 17 nitrogen and oxygen atoms in total. The lowest BCUT2D eigenvalue weighted by Crippen LogP contribution is -2.30. The summed E-state index contributed by atoms with van der Waals surface area (Å²) in [6, 6.07) is 0. The minimum atomic E-state index is -4.98. The Hall–Kier alpha value is -4.28. The van der Waals surface area contributed by atoms with Crippen LogP contribution < -0.4 is 0 Å². The van der Waals surface area contributed by atoms with Crippen molar-refractivity contribution in [3.63, 3.8) is 0 Å². The maximum absolute atomic E-state index is 13.1. The molecule has 0 bridgehead atoms. The summed E-state index contributed by atoms with van der Waals surface area (Å²) in [6.45, 7) is 4.59. The Labute approximate surface area is 594 Å². The van der Waals surface area contributed by atoms with E-state index in [0.29, 0.717) is 25.7 Å². The number of ether oxygens (including phenoxy) is 4. The second-order valence-electron chi connectivity index (χ2n) is 25.2. The fourth-order valence-corrected chi connectivity index (χ4v) is 11.4. The number of carbonyl (C=O) groups excluding carboxylic acids is 4. The van der Waals surface area contributed by atoms with Crippen LogP contribution in [0.3, 0.4) is 0 Å². The quantitative estimate of drug-likeness (QED) is 0.0169. The van der Waals surface area contributed by atoms with E-state index in [4.69, 9.17) is 37.0 Å². The van der Waals surface area contributed by atoms with Crippen LogP contribution in [0.5, 0.6) is 0 Å². The van der Waals surface area contributed by atoms with Gasteiger partial charge in [-0.25, -0.2) is 9.13 Å². The second-order valence-corrected chi connectivity index (χ2v) is 28.1. The Morgan fingerprint density at radius 1 is 0.296 bits per heavy atom. The molecule has 0 aromatic carbocycles. The normalized spacial score (nSPS) is 14.6. The van der Waals surface area contributed by atoms with Crippen LogP contribution in [0.25, 0.3) is 0 Å². The summed E-state index contributed by atoms with van der Waals surface area (Å²) in [5, 5.41) is 10.6. The molecule has 0 amide bonds. The number of rotatable bonds is 71. The lowest BCUT2D eigenvalue weighted by atomic mass is 10.1. The summed E-state index contributed by atoms with van der Waals surface area (Å²) >= 11 is 0. The molecule has 0 aromatic rings. The number of phosphoric acid groups is 2. The molecule has 0 aliphatic rings. The molecular formula is C79H136O17P2. The molecular weight excluding hydrogens is 1280 g/mol. The maximum atomic E-state index is 13.1. The van der Waals surface area contributed by atoms with Crippen molar-refractivity contribution in [3.05, 3.63) is 109 Å². The molecule has 0 spiro atoms. The zero-order valence-electron chi connectivity index (χ0n) is 61.4. The number of hydrogen-bond acceptors (Lipinski definition) is 15. The largest absolute Gasteiger partial charge is 0.472 e. The first-order chi connectivity index (χ1) is 47.7. The number of allylic oxidation sites excluding steroid dienone is 18. The van der Waals surface area contributed by atoms with Gasteiger partial charge in [-0.05, 0) is 141 Å². The number of esters is 4. The van der Waals surface area contributed by atoms with Crippen molar-refractivity contribution in [3.8, 4) is 0 Å². The molecule has 564 valence electrons. The molecule has 5 unspecified atom stereocenters. The van der Waals surface area contributed by atoms with Crippen molar-refractivity contribution in [2.75, 3.05) is 39.6 Å². The second kappa shape index (κ2) is 71.1. The minimum absolute atomic E-state index is 0.0774. The van der Waals surface area contributed by atoms with Crippen molar-refractivity contribution in [2.45, 2.75) is 329 Å². The molecule has 0 fully saturated rings. The van der Waals surface area contributed by atoms with Crippen LogP contribution in [-0.2, 0) is 65.4 Å². The summed E-state index contributed by atoms with van der Waals surface area (Å²) in [5.74, 6) is -2.23. The van der Waals surface area contributed by atoms with Crippen molar-refractivity contribution in [1.29, 1.82) is 0 Å². The Balaban J connectivity index is 5.30. The van der Waals surface area contributed by atoms with Gasteiger partial charge in [-0.15, -0.1) is 0 Å². The average molecular weight is 1420 g/mol. The van der Waals surface area contributed by atoms with Crippen LogP contribution in [0.2, 0.25) is 0 Å². The fourth-order valence-electron chi connectivity index (χ4n) is 9.83. The van der Waals surface area contributed by atoms with Gasteiger partial charge in [-0.2, -0.15) is 0 Å². The predicted octanol–water partition coefficient (Wildman–Crippen LogP) is 21.8. The van der Waals surface area contributed by atoms with Gasteiger partial charge in [0.05, 0.1) is 26.4 Å². The average Bonchev–Trinajstić information content (AvgIpc) is 0.983.